The number of halogens is 2. The Bertz CT molecular complexity index is 855. The van der Waals surface area contributed by atoms with E-state index in [1.165, 1.54) is 30.3 Å². The summed E-state index contributed by atoms with van der Waals surface area (Å²) in [6, 6.07) is 8.71. The monoisotopic (exact) mass is 380 g/mol. The minimum atomic E-state index is -2.98. The van der Waals surface area contributed by atoms with Gasteiger partial charge in [-0.15, -0.1) is 0 Å². The van der Waals surface area contributed by atoms with Crippen LogP contribution in [0.3, 0.4) is 0 Å². The summed E-state index contributed by atoms with van der Waals surface area (Å²) in [5.41, 5.74) is 0.656. The molecule has 0 radical (unpaired) electrons. The van der Waals surface area contributed by atoms with Gasteiger partial charge in [-0.1, -0.05) is 6.07 Å². The molecule has 1 amide bonds. The Balaban J connectivity index is 1.92. The number of nitro groups is 1. The molecule has 0 saturated heterocycles. The lowest BCUT2D eigenvalue weighted by Gasteiger charge is -2.09. The number of benzene rings is 2. The van der Waals surface area contributed by atoms with Crippen LogP contribution >= 0.6 is 0 Å². The summed E-state index contributed by atoms with van der Waals surface area (Å²) < 4.78 is 33.1. The molecule has 142 valence electrons. The Kier molecular flexibility index (Phi) is 6.36. The van der Waals surface area contributed by atoms with Crippen LogP contribution in [-0.2, 0) is 9.53 Å². The zero-order chi connectivity index (χ0) is 20.0. The topological polar surface area (TPSA) is 108 Å². The molecule has 0 aromatic heterocycles. The number of nitrogens with one attached hydrogen (secondary N) is 1. The van der Waals surface area contributed by atoms with Crippen molar-refractivity contribution < 1.29 is 32.8 Å². The highest BCUT2D eigenvalue weighted by Gasteiger charge is 2.14. The molecule has 0 spiro atoms. The number of non-ortho nitro benzene ring substituents is 1. The van der Waals surface area contributed by atoms with Gasteiger partial charge in [-0.3, -0.25) is 14.9 Å². The molecule has 0 fully saturated rings. The normalized spacial score (nSPS) is 10.4. The third kappa shape index (κ3) is 5.73. The third-order valence-electron chi connectivity index (χ3n) is 3.36. The van der Waals surface area contributed by atoms with E-state index < -0.39 is 30.0 Å². The number of nitrogens with zero attached hydrogens (tertiary/aromatic N) is 1. The molecule has 2 aromatic carbocycles. The van der Waals surface area contributed by atoms with Gasteiger partial charge in [-0.25, -0.2) is 4.79 Å². The van der Waals surface area contributed by atoms with Crippen molar-refractivity contribution in [1.82, 2.24) is 0 Å². The van der Waals surface area contributed by atoms with Gasteiger partial charge in [0.15, 0.2) is 6.61 Å². The van der Waals surface area contributed by atoms with E-state index in [-0.39, 0.29) is 22.7 Å². The van der Waals surface area contributed by atoms with Crippen molar-refractivity contribution in [3.8, 4) is 5.75 Å². The summed E-state index contributed by atoms with van der Waals surface area (Å²) in [7, 11) is 0. The van der Waals surface area contributed by atoms with Crippen LogP contribution in [0, 0.1) is 17.0 Å². The van der Waals surface area contributed by atoms with E-state index in [1.807, 2.05) is 0 Å². The number of carbonyl (C=O) groups excluding carboxylic acids is 2. The number of anilines is 1. The van der Waals surface area contributed by atoms with Crippen LogP contribution in [0.5, 0.6) is 5.75 Å². The fourth-order valence-corrected chi connectivity index (χ4v) is 2.03. The number of nitro benzene ring substituents is 1. The number of alkyl halides is 2. The highest BCUT2D eigenvalue weighted by molar-refractivity contribution is 5.96. The van der Waals surface area contributed by atoms with Crippen LogP contribution in [-0.4, -0.2) is 30.0 Å². The number of rotatable bonds is 7. The number of hydrogen-bond acceptors (Lipinski definition) is 6. The van der Waals surface area contributed by atoms with E-state index in [0.717, 1.165) is 12.1 Å². The van der Waals surface area contributed by atoms with Crippen molar-refractivity contribution in [1.29, 1.82) is 0 Å². The standard InChI is InChI=1S/C17H14F2N2O6/c1-10-2-5-12(21(24)25)8-14(10)20-15(22)9-26-16(23)11-3-6-13(7-4-11)27-17(18)19/h2-8,17H,9H2,1H3,(H,20,22). The van der Waals surface area contributed by atoms with E-state index in [1.54, 1.807) is 6.92 Å². The average Bonchev–Trinajstić information content (AvgIpc) is 2.61. The average molecular weight is 380 g/mol. The van der Waals surface area contributed by atoms with E-state index in [4.69, 9.17) is 4.74 Å². The van der Waals surface area contributed by atoms with Crippen molar-refractivity contribution >= 4 is 23.3 Å². The zero-order valence-electron chi connectivity index (χ0n) is 14.0. The Morgan fingerprint density at radius 3 is 2.44 bits per heavy atom. The lowest BCUT2D eigenvalue weighted by atomic mass is 10.2. The van der Waals surface area contributed by atoms with Gasteiger partial charge in [0.2, 0.25) is 0 Å². The first kappa shape index (κ1) is 19.8. The molecule has 0 saturated carbocycles. The van der Waals surface area contributed by atoms with Crippen molar-refractivity contribution in [3.63, 3.8) is 0 Å². The summed E-state index contributed by atoms with van der Waals surface area (Å²) in [6.45, 7) is -1.96. The number of hydrogen-bond donors (Lipinski definition) is 1. The van der Waals surface area contributed by atoms with Crippen molar-refractivity contribution in [2.75, 3.05) is 11.9 Å². The molecule has 0 heterocycles. The first-order chi connectivity index (χ1) is 12.8. The summed E-state index contributed by atoms with van der Waals surface area (Å²) >= 11 is 0. The minimum absolute atomic E-state index is 0.0379. The van der Waals surface area contributed by atoms with Crippen LogP contribution in [0.4, 0.5) is 20.2 Å². The van der Waals surface area contributed by atoms with Gasteiger partial charge in [-0.05, 0) is 36.8 Å². The maximum atomic E-state index is 12.1. The van der Waals surface area contributed by atoms with Crippen molar-refractivity contribution in [3.05, 3.63) is 63.7 Å². The van der Waals surface area contributed by atoms with Gasteiger partial charge in [-0.2, -0.15) is 8.78 Å². The maximum Gasteiger partial charge on any atom is 0.387 e. The molecule has 2 rings (SSSR count). The predicted molar refractivity (Wildman–Crippen MR) is 89.8 cm³/mol. The molecule has 0 aliphatic heterocycles. The summed E-state index contributed by atoms with van der Waals surface area (Å²) in [4.78, 5) is 33.9. The number of esters is 1. The van der Waals surface area contributed by atoms with Crippen LogP contribution in [0.15, 0.2) is 42.5 Å². The van der Waals surface area contributed by atoms with Gasteiger partial charge < -0.3 is 14.8 Å². The van der Waals surface area contributed by atoms with Gasteiger partial charge >= 0.3 is 12.6 Å². The molecule has 0 unspecified atom stereocenters. The number of carbonyl (C=O) groups is 2. The molecule has 8 nitrogen and oxygen atoms in total. The molecular weight excluding hydrogens is 366 g/mol. The molecule has 1 N–H and O–H groups in total. The second kappa shape index (κ2) is 8.70. The smallest absolute Gasteiger partial charge is 0.387 e. The molecule has 27 heavy (non-hydrogen) atoms. The second-order valence-electron chi connectivity index (χ2n) is 5.28. The van der Waals surface area contributed by atoms with Crippen LogP contribution in [0.25, 0.3) is 0 Å². The molecule has 0 aliphatic carbocycles. The molecule has 0 aliphatic rings. The van der Waals surface area contributed by atoms with Crippen LogP contribution in [0.1, 0.15) is 15.9 Å². The number of amides is 1. The van der Waals surface area contributed by atoms with Gasteiger partial charge in [0.25, 0.3) is 11.6 Å². The molecule has 2 aromatic rings. The van der Waals surface area contributed by atoms with E-state index in [0.29, 0.717) is 5.56 Å². The molecule has 0 atom stereocenters. The van der Waals surface area contributed by atoms with Crippen molar-refractivity contribution in [2.45, 2.75) is 13.5 Å². The van der Waals surface area contributed by atoms with Gasteiger partial charge in [0.05, 0.1) is 16.2 Å². The Morgan fingerprint density at radius 1 is 1.19 bits per heavy atom. The fourth-order valence-electron chi connectivity index (χ4n) is 2.03. The molecule has 0 bridgehead atoms. The van der Waals surface area contributed by atoms with Crippen molar-refractivity contribution in [2.24, 2.45) is 0 Å². The van der Waals surface area contributed by atoms with Crippen LogP contribution < -0.4 is 10.1 Å². The lowest BCUT2D eigenvalue weighted by Crippen LogP contribution is -2.21. The third-order valence-corrected chi connectivity index (χ3v) is 3.36. The minimum Gasteiger partial charge on any atom is -0.452 e. The summed E-state index contributed by atoms with van der Waals surface area (Å²) in [5.74, 6) is -1.66. The van der Waals surface area contributed by atoms with E-state index in [2.05, 4.69) is 10.1 Å². The largest absolute Gasteiger partial charge is 0.452 e. The second-order valence-corrected chi connectivity index (χ2v) is 5.28. The number of ether oxygens (including phenoxy) is 2. The zero-order valence-corrected chi connectivity index (χ0v) is 14.0. The highest BCUT2D eigenvalue weighted by atomic mass is 19.3. The summed E-state index contributed by atoms with van der Waals surface area (Å²) in [6.07, 6.45) is 0. The van der Waals surface area contributed by atoms with Gasteiger partial charge in [0, 0.05) is 12.1 Å². The highest BCUT2D eigenvalue weighted by Crippen LogP contribution is 2.21. The Morgan fingerprint density at radius 2 is 1.85 bits per heavy atom. The van der Waals surface area contributed by atoms with E-state index in [9.17, 15) is 28.5 Å². The van der Waals surface area contributed by atoms with Gasteiger partial charge in [0.1, 0.15) is 5.75 Å². The Hall–Kier alpha value is -3.56. The quantitative estimate of drug-likeness (QED) is 0.449. The predicted octanol–water partition coefficient (Wildman–Crippen LogP) is 3.30. The maximum absolute atomic E-state index is 12.1. The first-order valence-electron chi connectivity index (χ1n) is 7.53. The lowest BCUT2D eigenvalue weighted by molar-refractivity contribution is -0.384. The first-order valence-corrected chi connectivity index (χ1v) is 7.53. The Labute approximate surface area is 151 Å². The molecule has 10 heteroatoms. The summed E-state index contributed by atoms with van der Waals surface area (Å²) in [5, 5.41) is 13.2. The van der Waals surface area contributed by atoms with Crippen LogP contribution in [0.2, 0.25) is 0 Å². The SMILES string of the molecule is Cc1ccc([N+](=O)[O-])cc1NC(=O)COC(=O)c1ccc(OC(F)F)cc1. The number of aryl methyl sites for hydroxylation is 1. The fraction of sp³-hybridized carbons (Fsp3) is 0.176. The molecular formula is C17H14F2N2O6. The van der Waals surface area contributed by atoms with E-state index >= 15 is 0 Å².